The first-order valence-corrected chi connectivity index (χ1v) is 8.12. The molecule has 1 atom stereocenters. The van der Waals surface area contributed by atoms with Gasteiger partial charge in [-0.15, -0.1) is 0 Å². The summed E-state index contributed by atoms with van der Waals surface area (Å²) in [7, 11) is -2.10. The smallest absolute Gasteiger partial charge is 0.305 e. The first kappa shape index (κ1) is 17.6. The Balaban J connectivity index is 2.95. The average molecular weight is 317 g/mol. The molecule has 0 aliphatic carbocycles. The molecular weight excluding hydrogens is 294 g/mol. The van der Waals surface area contributed by atoms with E-state index in [0.29, 0.717) is 0 Å². The fourth-order valence-corrected chi connectivity index (χ4v) is 3.23. The number of carbonyl (C=O) groups is 1. The van der Waals surface area contributed by atoms with Gasteiger partial charge in [0.2, 0.25) is 10.0 Å². The molecule has 7 nitrogen and oxygen atoms in total. The van der Waals surface area contributed by atoms with Gasteiger partial charge in [0.1, 0.15) is 4.90 Å². The van der Waals surface area contributed by atoms with Crippen molar-refractivity contribution in [2.24, 2.45) is 5.41 Å². The number of aryl methyl sites for hydroxylation is 1. The quantitative estimate of drug-likeness (QED) is 0.856. The predicted molar refractivity (Wildman–Crippen MR) is 78.3 cm³/mol. The molecule has 0 radical (unpaired) electrons. The van der Waals surface area contributed by atoms with Crippen LogP contribution in [0.2, 0.25) is 0 Å². The Hall–Kier alpha value is -1.41. The lowest BCUT2D eigenvalue weighted by atomic mass is 9.88. The molecule has 0 bridgehead atoms. The second-order valence-corrected chi connectivity index (χ2v) is 8.14. The summed E-state index contributed by atoms with van der Waals surface area (Å²) in [6.07, 6.45) is 2.52. The number of aromatic nitrogens is 2. The molecular formula is C13H23N3O4S. The third-order valence-electron chi connectivity index (χ3n) is 3.64. The molecule has 1 unspecified atom stereocenters. The Labute approximate surface area is 125 Å². The number of hydrogen-bond donors (Lipinski definition) is 1. The Morgan fingerprint density at radius 1 is 1.48 bits per heavy atom. The summed E-state index contributed by atoms with van der Waals surface area (Å²) < 4.78 is 27.7. The summed E-state index contributed by atoms with van der Waals surface area (Å²) in [6, 6.07) is -0.190. The molecule has 0 aliphatic rings. The van der Waals surface area contributed by atoms with Gasteiger partial charge in [-0.2, -0.15) is 9.40 Å². The second kappa shape index (κ2) is 6.15. The number of aliphatic carboxylic acids is 1. The van der Waals surface area contributed by atoms with E-state index in [0.717, 1.165) is 0 Å². The van der Waals surface area contributed by atoms with Gasteiger partial charge in [0.15, 0.2) is 0 Å². The highest BCUT2D eigenvalue weighted by Gasteiger charge is 2.33. The Bertz CT molecular complexity index is 601. The van der Waals surface area contributed by atoms with Gasteiger partial charge in [-0.1, -0.05) is 20.8 Å². The van der Waals surface area contributed by atoms with E-state index in [1.54, 1.807) is 7.05 Å². The topological polar surface area (TPSA) is 92.5 Å². The van der Waals surface area contributed by atoms with Crippen molar-refractivity contribution in [3.8, 4) is 0 Å². The van der Waals surface area contributed by atoms with Gasteiger partial charge in [-0.25, -0.2) is 8.42 Å². The summed E-state index contributed by atoms with van der Waals surface area (Å²) in [5.41, 5.74) is -0.193. The Morgan fingerprint density at radius 2 is 2.05 bits per heavy atom. The van der Waals surface area contributed by atoms with Crippen molar-refractivity contribution < 1.29 is 18.3 Å². The van der Waals surface area contributed by atoms with Gasteiger partial charge in [0.25, 0.3) is 0 Å². The molecule has 0 saturated heterocycles. The summed E-state index contributed by atoms with van der Waals surface area (Å²) in [6.45, 7) is 7.91. The molecule has 1 aromatic heterocycles. The zero-order valence-electron chi connectivity index (χ0n) is 13.1. The van der Waals surface area contributed by atoms with Crippen molar-refractivity contribution in [1.82, 2.24) is 14.1 Å². The van der Waals surface area contributed by atoms with Crippen LogP contribution in [0.4, 0.5) is 0 Å². The molecule has 0 spiro atoms. The molecule has 1 heterocycles. The van der Waals surface area contributed by atoms with E-state index in [1.807, 2.05) is 27.7 Å². The van der Waals surface area contributed by atoms with E-state index < -0.39 is 16.0 Å². The van der Waals surface area contributed by atoms with Crippen molar-refractivity contribution in [3.63, 3.8) is 0 Å². The molecule has 1 rings (SSSR count). The van der Waals surface area contributed by atoms with E-state index in [2.05, 4.69) is 5.10 Å². The van der Waals surface area contributed by atoms with E-state index in [1.165, 1.54) is 21.4 Å². The highest BCUT2D eigenvalue weighted by Crippen LogP contribution is 2.27. The molecule has 8 heteroatoms. The summed E-state index contributed by atoms with van der Waals surface area (Å²) in [5.74, 6) is -0.951. The van der Waals surface area contributed by atoms with Crippen LogP contribution in [0.1, 0.15) is 34.1 Å². The number of hydrogen-bond acceptors (Lipinski definition) is 4. The van der Waals surface area contributed by atoms with Crippen LogP contribution >= 0.6 is 0 Å². The lowest BCUT2D eigenvalue weighted by molar-refractivity contribution is -0.137. The third-order valence-corrected chi connectivity index (χ3v) is 5.52. The van der Waals surface area contributed by atoms with E-state index >= 15 is 0 Å². The maximum atomic E-state index is 12.5. The van der Waals surface area contributed by atoms with Gasteiger partial charge in [-0.3, -0.25) is 9.48 Å². The standard InChI is InChI=1S/C13H23N3O4S/c1-10(13(2,3)4)15(5)21(19,20)11-8-14-16(9-11)7-6-12(17)18/h8-10H,6-7H2,1-5H3,(H,17,18). The molecule has 0 fully saturated rings. The van der Waals surface area contributed by atoms with Gasteiger partial charge in [0.05, 0.1) is 19.2 Å². The van der Waals surface area contributed by atoms with E-state index in [9.17, 15) is 13.2 Å². The molecule has 21 heavy (non-hydrogen) atoms. The largest absolute Gasteiger partial charge is 0.481 e. The first-order chi connectivity index (χ1) is 9.46. The zero-order valence-corrected chi connectivity index (χ0v) is 13.9. The SMILES string of the molecule is CC(N(C)S(=O)(=O)c1cnn(CCC(=O)O)c1)C(C)(C)C. The van der Waals surface area contributed by atoms with Crippen LogP contribution < -0.4 is 0 Å². The minimum Gasteiger partial charge on any atom is -0.481 e. The number of rotatable bonds is 6. The van der Waals surface area contributed by atoms with Crippen LogP contribution in [-0.2, 0) is 21.4 Å². The minimum absolute atomic E-state index is 0.0755. The van der Waals surface area contributed by atoms with Crippen molar-refractivity contribution in [2.45, 2.75) is 51.6 Å². The van der Waals surface area contributed by atoms with Crippen LogP contribution in [0.3, 0.4) is 0 Å². The van der Waals surface area contributed by atoms with Crippen LogP contribution in [0.15, 0.2) is 17.3 Å². The van der Waals surface area contributed by atoms with Gasteiger partial charge in [-0.05, 0) is 12.3 Å². The fraction of sp³-hybridized carbons (Fsp3) is 0.692. The van der Waals surface area contributed by atoms with Gasteiger partial charge >= 0.3 is 5.97 Å². The number of sulfonamides is 1. The predicted octanol–water partition coefficient (Wildman–Crippen LogP) is 1.41. The zero-order chi connectivity index (χ0) is 16.4. The molecule has 0 amide bonds. The van der Waals surface area contributed by atoms with Gasteiger partial charge < -0.3 is 5.11 Å². The van der Waals surface area contributed by atoms with Crippen molar-refractivity contribution >= 4 is 16.0 Å². The third kappa shape index (κ3) is 4.28. The molecule has 0 aromatic carbocycles. The fourth-order valence-electron chi connectivity index (χ4n) is 1.73. The molecule has 0 saturated carbocycles. The van der Waals surface area contributed by atoms with Crippen molar-refractivity contribution in [2.75, 3.05) is 7.05 Å². The average Bonchev–Trinajstić information content (AvgIpc) is 2.82. The minimum atomic E-state index is -3.64. The van der Waals surface area contributed by atoms with Crippen LogP contribution in [0.5, 0.6) is 0 Å². The summed E-state index contributed by atoms with van der Waals surface area (Å²) in [4.78, 5) is 10.6. The molecule has 1 aromatic rings. The van der Waals surface area contributed by atoms with Gasteiger partial charge in [0, 0.05) is 19.3 Å². The maximum Gasteiger partial charge on any atom is 0.305 e. The van der Waals surface area contributed by atoms with Crippen LogP contribution in [0.25, 0.3) is 0 Å². The second-order valence-electron chi connectivity index (χ2n) is 6.15. The Kier molecular flexibility index (Phi) is 5.16. The number of nitrogens with zero attached hydrogens (tertiary/aromatic N) is 3. The molecule has 1 N–H and O–H groups in total. The van der Waals surface area contributed by atoms with Crippen molar-refractivity contribution in [3.05, 3.63) is 12.4 Å². The lowest BCUT2D eigenvalue weighted by Gasteiger charge is -2.34. The number of carboxylic acid groups (broad SMARTS) is 1. The molecule has 0 aliphatic heterocycles. The summed E-state index contributed by atoms with van der Waals surface area (Å²) in [5, 5.41) is 12.5. The molecule has 120 valence electrons. The summed E-state index contributed by atoms with van der Waals surface area (Å²) >= 11 is 0. The van der Waals surface area contributed by atoms with E-state index in [4.69, 9.17) is 5.11 Å². The first-order valence-electron chi connectivity index (χ1n) is 6.68. The Morgan fingerprint density at radius 3 is 2.52 bits per heavy atom. The van der Waals surface area contributed by atoms with Crippen LogP contribution in [-0.4, -0.2) is 46.7 Å². The van der Waals surface area contributed by atoms with E-state index in [-0.39, 0.29) is 29.3 Å². The van der Waals surface area contributed by atoms with Crippen LogP contribution in [0, 0.1) is 5.41 Å². The monoisotopic (exact) mass is 317 g/mol. The normalized spacial score (nSPS) is 14.4. The number of carboxylic acids is 1. The highest BCUT2D eigenvalue weighted by atomic mass is 32.2. The highest BCUT2D eigenvalue weighted by molar-refractivity contribution is 7.89. The lowest BCUT2D eigenvalue weighted by Crippen LogP contribution is -2.42. The maximum absolute atomic E-state index is 12.5. The van der Waals surface area contributed by atoms with Crippen molar-refractivity contribution in [1.29, 1.82) is 0 Å².